The second-order valence-electron chi connectivity index (χ2n) is 1.05. The van der Waals surface area contributed by atoms with E-state index in [1.165, 1.54) is 0 Å². The summed E-state index contributed by atoms with van der Waals surface area (Å²) in [5.74, 6) is 0. The Kier molecular flexibility index (Phi) is 0.957. The Labute approximate surface area is 44.6 Å². The summed E-state index contributed by atoms with van der Waals surface area (Å²) in [5, 5.41) is 11.4. The third kappa shape index (κ3) is 0.651. The molecule has 0 bridgehead atoms. The molecule has 0 aliphatic carbocycles. The highest BCUT2D eigenvalue weighted by atomic mass is 16.4. The van der Waals surface area contributed by atoms with Gasteiger partial charge in [-0.25, -0.2) is 9.78 Å². The van der Waals surface area contributed by atoms with Gasteiger partial charge in [0.25, 0.3) is 0 Å². The molecule has 0 aliphatic heterocycles. The van der Waals surface area contributed by atoms with Crippen LogP contribution >= 0.6 is 0 Å². The maximum absolute atomic E-state index is 9.89. The fourth-order valence-corrected chi connectivity index (χ4v) is 0.276. The van der Waals surface area contributed by atoms with Crippen LogP contribution in [0.2, 0.25) is 0 Å². The van der Waals surface area contributed by atoms with E-state index in [4.69, 9.17) is 5.11 Å². The molecule has 5 heteroatoms. The Bertz CT molecular complexity index is 180. The summed E-state index contributed by atoms with van der Waals surface area (Å²) in [5.41, 5.74) is 0. The summed E-state index contributed by atoms with van der Waals surface area (Å²) in [6.07, 6.45) is 2.02. The largest absolute Gasteiger partial charge is 0.463 e. The fraction of sp³-hybridized carbons (Fsp3) is 0. The molecule has 41 valence electrons. The van der Waals surface area contributed by atoms with Crippen molar-refractivity contribution in [2.24, 2.45) is 0 Å². The van der Waals surface area contributed by atoms with Crippen LogP contribution in [0.5, 0.6) is 0 Å². The summed E-state index contributed by atoms with van der Waals surface area (Å²) < 4.78 is 0.597. The molecule has 0 spiro atoms. The number of hydrogen-bond acceptors (Lipinski definition) is 3. The lowest BCUT2D eigenvalue weighted by atomic mass is 11.1. The number of nitrogens with zero attached hydrogens (tertiary/aromatic N) is 3. The van der Waals surface area contributed by atoms with Crippen molar-refractivity contribution >= 4 is 6.09 Å². The predicted octanol–water partition coefficient (Wildman–Crippen LogP) is -0.396. The zero-order valence-corrected chi connectivity index (χ0v) is 3.77. The quantitative estimate of drug-likeness (QED) is 0.496. The van der Waals surface area contributed by atoms with Gasteiger partial charge in [-0.1, -0.05) is 0 Å². The van der Waals surface area contributed by atoms with Gasteiger partial charge in [-0.05, 0) is 0 Å². The average molecular weight is 112 g/mol. The number of hydrogen-bond donors (Lipinski definition) is 1. The minimum absolute atomic E-state index is 0.597. The summed E-state index contributed by atoms with van der Waals surface area (Å²) >= 11 is 0. The monoisotopic (exact) mass is 112 g/mol. The Morgan fingerprint density at radius 1 is 1.88 bits per heavy atom. The maximum atomic E-state index is 9.89. The van der Waals surface area contributed by atoms with Crippen molar-refractivity contribution in [3.05, 3.63) is 12.7 Å². The van der Waals surface area contributed by atoms with E-state index >= 15 is 0 Å². The molecule has 0 saturated carbocycles. The van der Waals surface area contributed by atoms with Crippen molar-refractivity contribution in [2.45, 2.75) is 0 Å². The van der Waals surface area contributed by atoms with E-state index in [-0.39, 0.29) is 0 Å². The second-order valence-corrected chi connectivity index (χ2v) is 1.05. The van der Waals surface area contributed by atoms with Gasteiger partial charge in [0.1, 0.15) is 6.33 Å². The molecule has 0 aromatic carbocycles. The number of carbonyl (C=O) groups is 1. The van der Waals surface area contributed by atoms with Crippen LogP contribution in [0.4, 0.5) is 4.79 Å². The molecule has 0 fully saturated rings. The van der Waals surface area contributed by atoms with Crippen LogP contribution < -0.4 is 0 Å². The third-order valence-electron chi connectivity index (χ3n) is 0.558. The van der Waals surface area contributed by atoms with Crippen LogP contribution in [0.25, 0.3) is 0 Å². The topological polar surface area (TPSA) is 68.0 Å². The SMILES string of the molecule is O=C(O)n1[c]ncn1. The van der Waals surface area contributed by atoms with Crippen LogP contribution in [0.1, 0.15) is 0 Å². The zero-order valence-electron chi connectivity index (χ0n) is 3.77. The van der Waals surface area contributed by atoms with E-state index in [2.05, 4.69) is 16.4 Å². The van der Waals surface area contributed by atoms with Gasteiger partial charge in [0.05, 0.1) is 0 Å². The first-order valence-electron chi connectivity index (χ1n) is 1.81. The van der Waals surface area contributed by atoms with Crippen molar-refractivity contribution in [1.29, 1.82) is 0 Å². The van der Waals surface area contributed by atoms with Gasteiger partial charge in [0.15, 0.2) is 0 Å². The first-order chi connectivity index (χ1) is 3.80. The highest BCUT2D eigenvalue weighted by Gasteiger charge is 1.97. The average Bonchev–Trinajstić information content (AvgIpc) is 2.12. The van der Waals surface area contributed by atoms with Crippen LogP contribution in [-0.4, -0.2) is 26.0 Å². The summed E-state index contributed by atoms with van der Waals surface area (Å²) in [6.45, 7) is 0. The number of aromatic nitrogens is 3. The lowest BCUT2D eigenvalue weighted by molar-refractivity contribution is 0.192. The van der Waals surface area contributed by atoms with E-state index < -0.39 is 6.09 Å². The minimum atomic E-state index is -1.18. The van der Waals surface area contributed by atoms with Crippen molar-refractivity contribution in [1.82, 2.24) is 14.8 Å². The highest BCUT2D eigenvalue weighted by Crippen LogP contribution is 1.73. The summed E-state index contributed by atoms with van der Waals surface area (Å²) in [7, 11) is 0. The van der Waals surface area contributed by atoms with Crippen LogP contribution in [0, 0.1) is 6.33 Å². The normalized spacial score (nSPS) is 9.00. The van der Waals surface area contributed by atoms with Crippen LogP contribution in [0.3, 0.4) is 0 Å². The molecule has 0 atom stereocenters. The molecule has 5 nitrogen and oxygen atoms in total. The second kappa shape index (κ2) is 1.61. The zero-order chi connectivity index (χ0) is 5.98. The molecule has 1 aromatic heterocycles. The first kappa shape index (κ1) is 4.76. The Morgan fingerprint density at radius 3 is 2.88 bits per heavy atom. The number of rotatable bonds is 0. The van der Waals surface area contributed by atoms with E-state index in [1.54, 1.807) is 0 Å². The maximum Gasteiger partial charge on any atom is 0.434 e. The Hall–Kier alpha value is -1.39. The fourth-order valence-electron chi connectivity index (χ4n) is 0.276. The van der Waals surface area contributed by atoms with E-state index in [1.807, 2.05) is 0 Å². The molecule has 0 unspecified atom stereocenters. The lowest BCUT2D eigenvalue weighted by Crippen LogP contribution is -2.07. The predicted molar refractivity (Wildman–Crippen MR) is 22.3 cm³/mol. The molecular weight excluding hydrogens is 110 g/mol. The molecule has 1 rings (SSSR count). The van der Waals surface area contributed by atoms with Gasteiger partial charge in [-0.3, -0.25) is 0 Å². The van der Waals surface area contributed by atoms with Gasteiger partial charge in [0, 0.05) is 0 Å². The molecular formula is C3H2N3O2. The van der Waals surface area contributed by atoms with Gasteiger partial charge in [-0.15, -0.1) is 9.78 Å². The summed E-state index contributed by atoms with van der Waals surface area (Å²) in [6, 6.07) is 0. The molecule has 0 saturated heterocycles. The molecule has 1 N–H and O–H groups in total. The third-order valence-corrected chi connectivity index (χ3v) is 0.558. The minimum Gasteiger partial charge on any atom is -0.463 e. The van der Waals surface area contributed by atoms with Crippen molar-refractivity contribution < 1.29 is 9.90 Å². The molecule has 1 aromatic rings. The van der Waals surface area contributed by atoms with Gasteiger partial charge < -0.3 is 5.11 Å². The molecule has 1 heterocycles. The van der Waals surface area contributed by atoms with Crippen molar-refractivity contribution in [3.63, 3.8) is 0 Å². The van der Waals surface area contributed by atoms with E-state index in [9.17, 15) is 4.79 Å². The molecule has 8 heavy (non-hydrogen) atoms. The molecule has 0 aliphatic rings. The lowest BCUT2D eigenvalue weighted by Gasteiger charge is -1.82. The standard InChI is InChI=1S/C3H2N3O2/c7-3(8)6-2-4-1-5-6/h1H,(H,7,8). The molecule has 0 amide bonds. The van der Waals surface area contributed by atoms with Crippen molar-refractivity contribution in [2.75, 3.05) is 0 Å². The molecule has 1 radical (unpaired) electrons. The van der Waals surface area contributed by atoms with Crippen LogP contribution in [0.15, 0.2) is 6.33 Å². The van der Waals surface area contributed by atoms with Crippen molar-refractivity contribution in [3.8, 4) is 0 Å². The number of carboxylic acid groups (broad SMARTS) is 1. The van der Waals surface area contributed by atoms with E-state index in [0.717, 1.165) is 6.33 Å². The Morgan fingerprint density at radius 2 is 2.62 bits per heavy atom. The highest BCUT2D eigenvalue weighted by molar-refractivity contribution is 5.65. The smallest absolute Gasteiger partial charge is 0.434 e. The van der Waals surface area contributed by atoms with Gasteiger partial charge in [0.2, 0.25) is 6.33 Å². The first-order valence-corrected chi connectivity index (χ1v) is 1.81. The van der Waals surface area contributed by atoms with Crippen LogP contribution in [-0.2, 0) is 0 Å². The summed E-state index contributed by atoms with van der Waals surface area (Å²) in [4.78, 5) is 13.2. The van der Waals surface area contributed by atoms with Gasteiger partial charge >= 0.3 is 6.09 Å². The van der Waals surface area contributed by atoms with E-state index in [0.29, 0.717) is 4.68 Å². The van der Waals surface area contributed by atoms with Gasteiger partial charge in [-0.2, -0.15) is 0 Å². The Balaban J connectivity index is 2.93.